The van der Waals surface area contributed by atoms with Crippen LogP contribution in [0.3, 0.4) is 0 Å². The Bertz CT molecular complexity index is 675. The van der Waals surface area contributed by atoms with E-state index in [0.717, 1.165) is 24.1 Å². The zero-order valence-corrected chi connectivity index (χ0v) is 16.1. The molecule has 0 radical (unpaired) electrons. The number of halogens is 3. The second-order valence-corrected chi connectivity index (χ2v) is 6.22. The Kier molecular flexibility index (Phi) is 9.68. The molecule has 0 saturated carbocycles. The summed E-state index contributed by atoms with van der Waals surface area (Å²) in [4.78, 5) is 12.1. The van der Waals surface area contributed by atoms with Crippen molar-refractivity contribution in [2.45, 2.75) is 19.3 Å². The van der Waals surface area contributed by atoms with Gasteiger partial charge in [0, 0.05) is 12.2 Å². The molecular formula is C18H22Cl3N3O. The fraction of sp³-hybridized carbons (Fsp3) is 0.278. The fourth-order valence-electron chi connectivity index (χ4n) is 2.28. The lowest BCUT2D eigenvalue weighted by molar-refractivity contribution is -0.120. The number of carbonyl (C=O) groups excluding carboxylic acids is 1. The second-order valence-electron chi connectivity index (χ2n) is 5.40. The van der Waals surface area contributed by atoms with Crippen molar-refractivity contribution in [3.8, 4) is 0 Å². The molecule has 0 unspecified atom stereocenters. The fourth-order valence-corrected chi connectivity index (χ4v) is 2.77. The van der Waals surface area contributed by atoms with Crippen LogP contribution in [0.5, 0.6) is 0 Å². The highest BCUT2D eigenvalue weighted by Gasteiger charge is 2.11. The summed E-state index contributed by atoms with van der Waals surface area (Å²) in [6, 6.07) is 12.9. The number of unbranched alkanes of at least 4 members (excludes halogenated alkanes) is 1. The Morgan fingerprint density at radius 1 is 1.00 bits per heavy atom. The van der Waals surface area contributed by atoms with Crippen molar-refractivity contribution < 1.29 is 4.79 Å². The third-order valence-electron chi connectivity index (χ3n) is 3.54. The van der Waals surface area contributed by atoms with Crippen LogP contribution in [0.15, 0.2) is 42.5 Å². The molecule has 1 amide bonds. The molecule has 4 N–H and O–H groups in total. The second kappa shape index (κ2) is 11.2. The van der Waals surface area contributed by atoms with Gasteiger partial charge in [-0.25, -0.2) is 0 Å². The highest BCUT2D eigenvalue weighted by molar-refractivity contribution is 6.39. The van der Waals surface area contributed by atoms with Crippen LogP contribution in [0.1, 0.15) is 18.4 Å². The lowest BCUT2D eigenvalue weighted by Crippen LogP contribution is -2.26. The maximum absolute atomic E-state index is 12.1. The van der Waals surface area contributed by atoms with E-state index in [-0.39, 0.29) is 24.7 Å². The SMILES string of the molecule is Cl.NCCCCNC(=O)Cc1ccccc1Nc1c(Cl)cccc1Cl. The lowest BCUT2D eigenvalue weighted by Gasteiger charge is -2.14. The van der Waals surface area contributed by atoms with Crippen LogP contribution in [-0.2, 0) is 11.2 Å². The molecule has 2 rings (SSSR count). The van der Waals surface area contributed by atoms with Gasteiger partial charge in [0.2, 0.25) is 5.91 Å². The average molecular weight is 403 g/mol. The van der Waals surface area contributed by atoms with Crippen LogP contribution in [0.4, 0.5) is 11.4 Å². The number of para-hydroxylation sites is 2. The lowest BCUT2D eigenvalue weighted by atomic mass is 10.1. The van der Waals surface area contributed by atoms with E-state index in [1.54, 1.807) is 18.2 Å². The zero-order chi connectivity index (χ0) is 17.4. The molecule has 25 heavy (non-hydrogen) atoms. The minimum atomic E-state index is -0.0217. The van der Waals surface area contributed by atoms with Crippen LogP contribution in [0.25, 0.3) is 0 Å². The van der Waals surface area contributed by atoms with Crippen LogP contribution < -0.4 is 16.4 Å². The first-order valence-electron chi connectivity index (χ1n) is 7.87. The third-order valence-corrected chi connectivity index (χ3v) is 4.17. The average Bonchev–Trinajstić information content (AvgIpc) is 2.56. The van der Waals surface area contributed by atoms with Crippen molar-refractivity contribution >= 4 is 52.9 Å². The number of anilines is 2. The Morgan fingerprint density at radius 3 is 2.36 bits per heavy atom. The standard InChI is InChI=1S/C18H21Cl2N3O.ClH/c19-14-7-5-8-15(20)18(14)23-16-9-2-1-6-13(16)12-17(24)22-11-4-3-10-21;/h1-2,5-9,23H,3-4,10-12,21H2,(H,22,24);1H. The van der Waals surface area contributed by atoms with Gasteiger partial charge in [0.25, 0.3) is 0 Å². The van der Waals surface area contributed by atoms with Gasteiger partial charge in [-0.15, -0.1) is 12.4 Å². The predicted molar refractivity (Wildman–Crippen MR) is 108 cm³/mol. The quantitative estimate of drug-likeness (QED) is 0.567. The van der Waals surface area contributed by atoms with Crippen molar-refractivity contribution in [3.63, 3.8) is 0 Å². The van der Waals surface area contributed by atoms with Crippen molar-refractivity contribution in [3.05, 3.63) is 58.1 Å². The van der Waals surface area contributed by atoms with Gasteiger partial charge < -0.3 is 16.4 Å². The summed E-state index contributed by atoms with van der Waals surface area (Å²) >= 11 is 12.4. The Balaban J connectivity index is 0.00000312. The first kappa shape index (κ1) is 21.6. The van der Waals surface area contributed by atoms with Crippen LogP contribution >= 0.6 is 35.6 Å². The minimum Gasteiger partial charge on any atom is -0.356 e. The van der Waals surface area contributed by atoms with Gasteiger partial charge in [-0.05, 0) is 43.1 Å². The molecule has 0 aromatic heterocycles. The van der Waals surface area contributed by atoms with E-state index < -0.39 is 0 Å². The topological polar surface area (TPSA) is 67.1 Å². The number of nitrogens with one attached hydrogen (secondary N) is 2. The molecule has 7 heteroatoms. The van der Waals surface area contributed by atoms with Crippen LogP contribution in [-0.4, -0.2) is 19.0 Å². The van der Waals surface area contributed by atoms with Gasteiger partial charge in [0.05, 0.1) is 22.2 Å². The smallest absolute Gasteiger partial charge is 0.224 e. The number of rotatable bonds is 8. The monoisotopic (exact) mass is 401 g/mol. The van der Waals surface area contributed by atoms with Crippen molar-refractivity contribution in [2.75, 3.05) is 18.4 Å². The van der Waals surface area contributed by atoms with E-state index in [2.05, 4.69) is 10.6 Å². The molecule has 0 heterocycles. The maximum Gasteiger partial charge on any atom is 0.224 e. The van der Waals surface area contributed by atoms with Crippen molar-refractivity contribution in [1.82, 2.24) is 5.32 Å². The highest BCUT2D eigenvalue weighted by atomic mass is 35.5. The van der Waals surface area contributed by atoms with E-state index in [1.165, 1.54) is 0 Å². The first-order chi connectivity index (χ1) is 11.6. The van der Waals surface area contributed by atoms with Crippen LogP contribution in [0, 0.1) is 0 Å². The number of hydrogen-bond acceptors (Lipinski definition) is 3. The van der Waals surface area contributed by atoms with Crippen LogP contribution in [0.2, 0.25) is 10.0 Å². The van der Waals surface area contributed by atoms with E-state index >= 15 is 0 Å². The summed E-state index contributed by atoms with van der Waals surface area (Å²) in [5.74, 6) is -0.0217. The van der Waals surface area contributed by atoms with Gasteiger partial charge in [-0.3, -0.25) is 4.79 Å². The van der Waals surface area contributed by atoms with E-state index in [9.17, 15) is 4.79 Å². The summed E-state index contributed by atoms with van der Waals surface area (Å²) in [5, 5.41) is 7.20. The number of carbonyl (C=O) groups is 1. The summed E-state index contributed by atoms with van der Waals surface area (Å²) in [6.45, 7) is 1.28. The summed E-state index contributed by atoms with van der Waals surface area (Å²) in [7, 11) is 0. The van der Waals surface area contributed by atoms with Gasteiger partial charge in [0.15, 0.2) is 0 Å². The zero-order valence-electron chi connectivity index (χ0n) is 13.7. The van der Waals surface area contributed by atoms with Gasteiger partial charge in [-0.2, -0.15) is 0 Å². The Morgan fingerprint density at radius 2 is 1.68 bits per heavy atom. The largest absolute Gasteiger partial charge is 0.356 e. The highest BCUT2D eigenvalue weighted by Crippen LogP contribution is 2.33. The molecule has 4 nitrogen and oxygen atoms in total. The molecule has 136 valence electrons. The molecule has 0 spiro atoms. The molecule has 0 atom stereocenters. The summed E-state index contributed by atoms with van der Waals surface area (Å²) < 4.78 is 0. The number of amides is 1. The molecular weight excluding hydrogens is 381 g/mol. The molecule has 0 bridgehead atoms. The van der Waals surface area contributed by atoms with E-state index in [4.69, 9.17) is 28.9 Å². The number of nitrogens with two attached hydrogens (primary N) is 1. The minimum absolute atomic E-state index is 0. The molecule has 0 fully saturated rings. The molecule has 2 aromatic carbocycles. The predicted octanol–water partition coefficient (Wildman–Crippen LogP) is 4.56. The molecule has 0 saturated heterocycles. The van der Waals surface area contributed by atoms with E-state index in [1.807, 2.05) is 24.3 Å². The maximum atomic E-state index is 12.1. The van der Waals surface area contributed by atoms with E-state index in [0.29, 0.717) is 28.8 Å². The van der Waals surface area contributed by atoms with Crippen molar-refractivity contribution in [1.29, 1.82) is 0 Å². The number of hydrogen-bond donors (Lipinski definition) is 3. The van der Waals surface area contributed by atoms with Gasteiger partial charge >= 0.3 is 0 Å². The first-order valence-corrected chi connectivity index (χ1v) is 8.63. The molecule has 0 aliphatic rings. The molecule has 0 aliphatic heterocycles. The Labute approximate surface area is 164 Å². The van der Waals surface area contributed by atoms with Crippen molar-refractivity contribution in [2.24, 2.45) is 5.73 Å². The number of benzene rings is 2. The third kappa shape index (κ3) is 6.75. The van der Waals surface area contributed by atoms with Gasteiger partial charge in [0.1, 0.15) is 0 Å². The molecule has 0 aliphatic carbocycles. The summed E-state index contributed by atoms with van der Waals surface area (Å²) in [6.07, 6.45) is 2.08. The molecule has 2 aromatic rings. The van der Waals surface area contributed by atoms with Gasteiger partial charge in [-0.1, -0.05) is 47.5 Å². The summed E-state index contributed by atoms with van der Waals surface area (Å²) in [5.41, 5.74) is 7.77. The normalized spacial score (nSPS) is 10.0. The Hall–Kier alpha value is -1.46.